The van der Waals surface area contributed by atoms with E-state index >= 15 is 0 Å². The Labute approximate surface area is 178 Å². The van der Waals surface area contributed by atoms with Crippen molar-refractivity contribution in [3.63, 3.8) is 0 Å². The summed E-state index contributed by atoms with van der Waals surface area (Å²) >= 11 is 1.63. The Balaban J connectivity index is 1.45. The molecule has 1 N–H and O–H groups in total. The van der Waals surface area contributed by atoms with Gasteiger partial charge in [-0.1, -0.05) is 6.07 Å². The number of hydrogen-bond donors (Lipinski definition) is 1. The Morgan fingerprint density at radius 2 is 2.17 bits per heavy atom. The van der Waals surface area contributed by atoms with E-state index in [1.165, 1.54) is 5.56 Å². The SMILES string of the molecule is Cc1cc(CCN2CCCOCC2)cc2c(=O)[nH]c(-c3cnc4ccsc4c3)nc12. The fourth-order valence-electron chi connectivity index (χ4n) is 4.06. The lowest BCUT2D eigenvalue weighted by molar-refractivity contribution is 0.141. The predicted molar refractivity (Wildman–Crippen MR) is 121 cm³/mol. The van der Waals surface area contributed by atoms with Crippen molar-refractivity contribution in [3.05, 3.63) is 57.3 Å². The van der Waals surface area contributed by atoms with E-state index in [1.807, 2.05) is 30.5 Å². The second-order valence-corrected chi connectivity index (χ2v) is 8.76. The van der Waals surface area contributed by atoms with Crippen molar-refractivity contribution in [2.24, 2.45) is 0 Å². The third-order valence-electron chi connectivity index (χ3n) is 5.67. The molecule has 1 aromatic carbocycles. The van der Waals surface area contributed by atoms with Crippen molar-refractivity contribution in [1.82, 2.24) is 19.9 Å². The quantitative estimate of drug-likeness (QED) is 0.544. The maximum Gasteiger partial charge on any atom is 0.259 e. The largest absolute Gasteiger partial charge is 0.380 e. The Morgan fingerprint density at radius 3 is 3.10 bits per heavy atom. The van der Waals surface area contributed by atoms with Crippen LogP contribution in [0.4, 0.5) is 0 Å². The van der Waals surface area contributed by atoms with Gasteiger partial charge in [-0.2, -0.15) is 0 Å². The molecule has 154 valence electrons. The van der Waals surface area contributed by atoms with E-state index in [0.717, 1.165) is 72.5 Å². The first-order valence-electron chi connectivity index (χ1n) is 10.3. The van der Waals surface area contributed by atoms with E-state index in [4.69, 9.17) is 9.72 Å². The van der Waals surface area contributed by atoms with Crippen molar-refractivity contribution < 1.29 is 4.74 Å². The second kappa shape index (κ2) is 8.26. The number of aromatic nitrogens is 3. The third-order valence-corrected chi connectivity index (χ3v) is 6.52. The van der Waals surface area contributed by atoms with E-state index < -0.39 is 0 Å². The maximum absolute atomic E-state index is 12.9. The fraction of sp³-hybridized carbons (Fsp3) is 0.348. The average Bonchev–Trinajstić information content (AvgIpc) is 3.06. The number of nitrogens with one attached hydrogen (secondary N) is 1. The number of H-pyrrole nitrogens is 1. The molecule has 0 spiro atoms. The lowest BCUT2D eigenvalue weighted by atomic mass is 10.0. The molecule has 1 aliphatic rings. The smallest absolute Gasteiger partial charge is 0.259 e. The number of benzene rings is 1. The molecule has 0 atom stereocenters. The summed E-state index contributed by atoms with van der Waals surface area (Å²) in [5.41, 5.74) is 4.65. The van der Waals surface area contributed by atoms with Crippen molar-refractivity contribution in [2.75, 3.05) is 32.8 Å². The first kappa shape index (κ1) is 19.4. The normalized spacial score (nSPS) is 15.6. The maximum atomic E-state index is 12.9. The van der Waals surface area contributed by atoms with Gasteiger partial charge in [0, 0.05) is 38.0 Å². The first-order valence-corrected chi connectivity index (χ1v) is 11.2. The number of aromatic amines is 1. The third kappa shape index (κ3) is 3.88. The fourth-order valence-corrected chi connectivity index (χ4v) is 4.84. The van der Waals surface area contributed by atoms with Gasteiger partial charge in [-0.25, -0.2) is 4.98 Å². The molecule has 5 rings (SSSR count). The number of ether oxygens (including phenoxy) is 1. The van der Waals surface area contributed by atoms with E-state index in [9.17, 15) is 4.79 Å². The Morgan fingerprint density at radius 1 is 1.23 bits per heavy atom. The zero-order chi connectivity index (χ0) is 20.5. The van der Waals surface area contributed by atoms with Crippen LogP contribution in [0.2, 0.25) is 0 Å². The van der Waals surface area contributed by atoms with Crippen LogP contribution in [0.3, 0.4) is 0 Å². The second-order valence-electron chi connectivity index (χ2n) is 7.81. The molecule has 4 heterocycles. The molecule has 6 nitrogen and oxygen atoms in total. The topological polar surface area (TPSA) is 71.1 Å². The Kier molecular flexibility index (Phi) is 5.33. The summed E-state index contributed by atoms with van der Waals surface area (Å²) < 4.78 is 6.62. The van der Waals surface area contributed by atoms with Crippen LogP contribution in [0.5, 0.6) is 0 Å². The summed E-state index contributed by atoms with van der Waals surface area (Å²) in [6.45, 7) is 6.70. The number of fused-ring (bicyclic) bond motifs is 2. The van der Waals surface area contributed by atoms with Crippen LogP contribution >= 0.6 is 11.3 Å². The van der Waals surface area contributed by atoms with Crippen LogP contribution in [0, 0.1) is 6.92 Å². The molecule has 30 heavy (non-hydrogen) atoms. The van der Waals surface area contributed by atoms with Crippen LogP contribution in [0.1, 0.15) is 17.5 Å². The standard InChI is InChI=1S/C23H24N4O2S/c1-15-11-16(3-6-27-5-2-8-29-9-7-27)12-18-21(15)25-22(26-23(18)28)17-13-20-19(24-14-17)4-10-30-20/h4,10-14H,2-3,5-9H2,1H3,(H,25,26,28). The molecule has 4 aromatic rings. The Hall–Kier alpha value is -2.61. The van der Waals surface area contributed by atoms with Crippen molar-refractivity contribution in [3.8, 4) is 11.4 Å². The van der Waals surface area contributed by atoms with Gasteiger partial charge in [0.15, 0.2) is 0 Å². The summed E-state index contributed by atoms with van der Waals surface area (Å²) in [6, 6.07) is 8.18. The average molecular weight is 421 g/mol. The summed E-state index contributed by atoms with van der Waals surface area (Å²) in [5.74, 6) is 0.565. The van der Waals surface area contributed by atoms with Gasteiger partial charge >= 0.3 is 0 Å². The number of aryl methyl sites for hydroxylation is 1. The van der Waals surface area contributed by atoms with Crippen molar-refractivity contribution in [2.45, 2.75) is 19.8 Å². The van der Waals surface area contributed by atoms with E-state index in [1.54, 1.807) is 17.5 Å². The lowest BCUT2D eigenvalue weighted by Crippen LogP contribution is -2.28. The highest BCUT2D eigenvalue weighted by molar-refractivity contribution is 7.17. The molecule has 0 aliphatic carbocycles. The molecular formula is C23H24N4O2S. The number of pyridine rings is 1. The summed E-state index contributed by atoms with van der Waals surface area (Å²) in [4.78, 5) is 27.6. The van der Waals surface area contributed by atoms with Crippen LogP contribution in [-0.4, -0.2) is 52.7 Å². The predicted octanol–water partition coefficient (Wildman–Crippen LogP) is 3.77. The lowest BCUT2D eigenvalue weighted by Gasteiger charge is -2.19. The van der Waals surface area contributed by atoms with E-state index in [-0.39, 0.29) is 5.56 Å². The van der Waals surface area contributed by atoms with Crippen molar-refractivity contribution in [1.29, 1.82) is 0 Å². The molecule has 7 heteroatoms. The van der Waals surface area contributed by atoms with Crippen LogP contribution in [0.15, 0.2) is 40.6 Å². The molecule has 1 fully saturated rings. The highest BCUT2D eigenvalue weighted by Gasteiger charge is 2.13. The van der Waals surface area contributed by atoms with Gasteiger partial charge in [0.25, 0.3) is 5.56 Å². The number of nitrogens with zero attached hydrogens (tertiary/aromatic N) is 3. The summed E-state index contributed by atoms with van der Waals surface area (Å²) in [5, 5.41) is 2.67. The Bertz CT molecular complexity index is 1260. The highest BCUT2D eigenvalue weighted by atomic mass is 32.1. The molecule has 1 aliphatic heterocycles. The molecule has 0 bridgehead atoms. The van der Waals surface area contributed by atoms with Crippen LogP contribution in [-0.2, 0) is 11.2 Å². The van der Waals surface area contributed by atoms with Gasteiger partial charge in [0.2, 0.25) is 0 Å². The molecule has 3 aromatic heterocycles. The minimum atomic E-state index is -0.102. The number of hydrogen-bond acceptors (Lipinski definition) is 6. The van der Waals surface area contributed by atoms with Crippen molar-refractivity contribution >= 4 is 32.5 Å². The van der Waals surface area contributed by atoms with Gasteiger partial charge in [0.05, 0.1) is 27.7 Å². The monoisotopic (exact) mass is 420 g/mol. The number of rotatable bonds is 4. The van der Waals surface area contributed by atoms with Gasteiger partial charge in [-0.15, -0.1) is 11.3 Å². The highest BCUT2D eigenvalue weighted by Crippen LogP contribution is 2.25. The van der Waals surface area contributed by atoms with Gasteiger partial charge in [0.1, 0.15) is 5.82 Å². The van der Waals surface area contributed by atoms with E-state index in [0.29, 0.717) is 11.2 Å². The molecule has 0 unspecified atom stereocenters. The molecule has 0 saturated carbocycles. The number of thiophene rings is 1. The zero-order valence-electron chi connectivity index (χ0n) is 17.0. The zero-order valence-corrected chi connectivity index (χ0v) is 17.8. The molecular weight excluding hydrogens is 396 g/mol. The molecule has 1 saturated heterocycles. The first-order chi connectivity index (χ1) is 14.7. The van der Waals surface area contributed by atoms with Crippen LogP contribution < -0.4 is 5.56 Å². The summed E-state index contributed by atoms with van der Waals surface area (Å²) in [7, 11) is 0. The van der Waals surface area contributed by atoms with Gasteiger partial charge in [-0.05, 0) is 54.5 Å². The molecule has 0 radical (unpaired) electrons. The van der Waals surface area contributed by atoms with E-state index in [2.05, 4.69) is 20.9 Å². The molecule has 0 amide bonds. The minimum Gasteiger partial charge on any atom is -0.380 e. The summed E-state index contributed by atoms with van der Waals surface area (Å²) in [6.07, 6.45) is 3.76. The minimum absolute atomic E-state index is 0.102. The van der Waals surface area contributed by atoms with Gasteiger partial charge in [-0.3, -0.25) is 9.78 Å². The van der Waals surface area contributed by atoms with Crippen LogP contribution in [0.25, 0.3) is 32.5 Å². The van der Waals surface area contributed by atoms with Gasteiger partial charge < -0.3 is 14.6 Å².